The molecule has 0 rings (SSSR count). The zero-order valence-electron chi connectivity index (χ0n) is 10.5. The van der Waals surface area contributed by atoms with Crippen molar-refractivity contribution < 1.29 is 17.9 Å². The molecule has 16 heavy (non-hydrogen) atoms. The summed E-state index contributed by atoms with van der Waals surface area (Å²) < 4.78 is 15.5. The summed E-state index contributed by atoms with van der Waals surface area (Å²) in [7, 11) is 1.99. The van der Waals surface area contributed by atoms with Crippen molar-refractivity contribution in [3.8, 4) is 0 Å². The molecule has 0 aliphatic rings. The molecular formula is C10H22O4S2. The van der Waals surface area contributed by atoms with E-state index < -0.39 is 10.6 Å². The average molecular weight is 270 g/mol. The molecule has 0 heterocycles. The molecule has 0 aromatic heterocycles. The van der Waals surface area contributed by atoms with Crippen LogP contribution >= 0.6 is 22.4 Å². The lowest BCUT2D eigenvalue weighted by atomic mass is 10.6. The van der Waals surface area contributed by atoms with Gasteiger partial charge in [0.05, 0.1) is 26.6 Å². The second-order valence-electron chi connectivity index (χ2n) is 3.17. The van der Waals surface area contributed by atoms with Crippen LogP contribution in [-0.2, 0) is 17.9 Å². The van der Waals surface area contributed by atoms with E-state index in [-0.39, 0.29) is 5.97 Å². The first-order chi connectivity index (χ1) is 7.58. The van der Waals surface area contributed by atoms with E-state index >= 15 is 0 Å². The maximum absolute atomic E-state index is 11.0. The van der Waals surface area contributed by atoms with Gasteiger partial charge in [-0.15, -0.1) is 0 Å². The molecule has 0 aromatic carbocycles. The van der Waals surface area contributed by atoms with Crippen LogP contribution in [0.5, 0.6) is 0 Å². The molecule has 0 saturated carbocycles. The zero-order valence-corrected chi connectivity index (χ0v) is 12.1. The number of rotatable bonds is 9. The van der Waals surface area contributed by atoms with E-state index in [1.165, 1.54) is 0 Å². The van der Waals surface area contributed by atoms with Crippen LogP contribution in [0.2, 0.25) is 0 Å². The number of esters is 1. The summed E-state index contributed by atoms with van der Waals surface area (Å²) in [5, 5.41) is 0. The second-order valence-corrected chi connectivity index (χ2v) is 7.21. The first kappa shape index (κ1) is 16.1. The number of thioether (sulfide) groups is 1. The minimum atomic E-state index is -1.36. The number of carbonyl (C=O) groups excluding carboxylic acids is 1. The fraction of sp³-hybridized carbons (Fsp3) is 0.900. The molecule has 0 aromatic rings. The number of hydrogen-bond acceptors (Lipinski definition) is 5. The van der Waals surface area contributed by atoms with Crippen LogP contribution < -0.4 is 0 Å². The van der Waals surface area contributed by atoms with Crippen molar-refractivity contribution in [2.75, 3.05) is 44.3 Å². The lowest BCUT2D eigenvalue weighted by Crippen LogP contribution is -2.09. The molecule has 4 nitrogen and oxygen atoms in total. The Hall–Kier alpha value is 0.0900. The van der Waals surface area contributed by atoms with Gasteiger partial charge in [0.25, 0.3) is 0 Å². The summed E-state index contributed by atoms with van der Waals surface area (Å²) >= 11 is 1.59. The van der Waals surface area contributed by atoms with Crippen molar-refractivity contribution in [3.63, 3.8) is 0 Å². The van der Waals surface area contributed by atoms with E-state index in [9.17, 15) is 4.79 Å². The van der Waals surface area contributed by atoms with Crippen LogP contribution in [-0.4, -0.2) is 50.3 Å². The number of ether oxygens (including phenoxy) is 1. The van der Waals surface area contributed by atoms with Gasteiger partial charge in [0.2, 0.25) is 0 Å². The Labute approximate surface area is 104 Å². The maximum atomic E-state index is 11.0. The van der Waals surface area contributed by atoms with Crippen LogP contribution in [0.4, 0.5) is 0 Å². The summed E-state index contributed by atoms with van der Waals surface area (Å²) in [6, 6.07) is 0. The summed E-state index contributed by atoms with van der Waals surface area (Å²) in [5.41, 5.74) is 0. The Morgan fingerprint density at radius 3 is 2.44 bits per heavy atom. The number of carbonyl (C=O) groups is 1. The van der Waals surface area contributed by atoms with Crippen LogP contribution in [0.15, 0.2) is 0 Å². The predicted molar refractivity (Wildman–Crippen MR) is 71.0 cm³/mol. The minimum Gasteiger partial charge on any atom is -0.465 e. The lowest BCUT2D eigenvalue weighted by Gasteiger charge is -2.36. The van der Waals surface area contributed by atoms with Gasteiger partial charge in [0, 0.05) is 12.0 Å². The highest BCUT2D eigenvalue weighted by molar-refractivity contribution is 8.25. The van der Waals surface area contributed by atoms with Gasteiger partial charge in [-0.1, -0.05) is 0 Å². The second kappa shape index (κ2) is 9.15. The van der Waals surface area contributed by atoms with Crippen LogP contribution in [0.1, 0.15) is 13.3 Å². The fourth-order valence-corrected chi connectivity index (χ4v) is 3.08. The molecule has 0 radical (unpaired) electrons. The molecule has 0 N–H and O–H groups in total. The Kier molecular flexibility index (Phi) is 9.21. The third-order valence-corrected chi connectivity index (χ3v) is 5.49. The normalized spacial score (nSPS) is 12.5. The zero-order chi connectivity index (χ0) is 12.4. The highest BCUT2D eigenvalue weighted by atomic mass is 32.3. The molecule has 0 fully saturated rings. The molecule has 0 saturated heterocycles. The predicted octanol–water partition coefficient (Wildman–Crippen LogP) is 2.23. The number of hydrogen-bond donors (Lipinski definition) is 0. The quantitative estimate of drug-likeness (QED) is 0.475. The van der Waals surface area contributed by atoms with Crippen LogP contribution in [0.25, 0.3) is 0 Å². The Morgan fingerprint density at radius 2 is 1.94 bits per heavy atom. The molecule has 0 amide bonds. The molecule has 0 aliphatic carbocycles. The monoisotopic (exact) mass is 270 g/mol. The molecule has 6 heteroatoms. The molecule has 98 valence electrons. The van der Waals surface area contributed by atoms with Gasteiger partial charge >= 0.3 is 5.97 Å². The topological polar surface area (TPSA) is 44.8 Å². The Balaban J connectivity index is 3.49. The van der Waals surface area contributed by atoms with E-state index in [2.05, 4.69) is 0 Å². The van der Waals surface area contributed by atoms with E-state index in [1.807, 2.05) is 13.2 Å². The summed E-state index contributed by atoms with van der Waals surface area (Å²) in [6.45, 7) is 2.27. The van der Waals surface area contributed by atoms with Gasteiger partial charge in [0.1, 0.15) is 0 Å². The van der Waals surface area contributed by atoms with Crippen molar-refractivity contribution >= 4 is 28.3 Å². The molecular weight excluding hydrogens is 248 g/mol. The lowest BCUT2D eigenvalue weighted by molar-refractivity contribution is -0.139. The van der Waals surface area contributed by atoms with Crippen molar-refractivity contribution in [2.24, 2.45) is 0 Å². The molecule has 0 bridgehead atoms. The average Bonchev–Trinajstić information content (AvgIpc) is 2.28. The largest absolute Gasteiger partial charge is 0.465 e. The first-order valence-electron chi connectivity index (χ1n) is 5.18. The van der Waals surface area contributed by atoms with Gasteiger partial charge in [0.15, 0.2) is 0 Å². The Bertz CT molecular complexity index is 195. The Morgan fingerprint density at radius 1 is 1.31 bits per heavy atom. The van der Waals surface area contributed by atoms with Gasteiger partial charge in [-0.25, -0.2) is 0 Å². The van der Waals surface area contributed by atoms with Gasteiger partial charge in [-0.3, -0.25) is 13.2 Å². The van der Waals surface area contributed by atoms with Gasteiger partial charge in [-0.2, -0.15) is 22.4 Å². The van der Waals surface area contributed by atoms with Crippen LogP contribution in [0.3, 0.4) is 0 Å². The van der Waals surface area contributed by atoms with Gasteiger partial charge < -0.3 is 4.74 Å². The minimum absolute atomic E-state index is 0.138. The van der Waals surface area contributed by atoms with Crippen molar-refractivity contribution in [1.29, 1.82) is 0 Å². The van der Waals surface area contributed by atoms with E-state index in [1.54, 1.807) is 26.0 Å². The molecule has 0 aliphatic heterocycles. The highest BCUT2D eigenvalue weighted by Gasteiger charge is 2.11. The SMILES string of the molecule is CCOC(=O)CSCCCS(C)(OC)OC. The molecule has 0 unspecified atom stereocenters. The first-order valence-corrected chi connectivity index (χ1v) is 8.40. The smallest absolute Gasteiger partial charge is 0.315 e. The van der Waals surface area contributed by atoms with Crippen molar-refractivity contribution in [3.05, 3.63) is 0 Å². The van der Waals surface area contributed by atoms with Gasteiger partial charge in [-0.05, 0) is 19.1 Å². The van der Waals surface area contributed by atoms with Crippen LogP contribution in [0, 0.1) is 0 Å². The summed E-state index contributed by atoms with van der Waals surface area (Å²) in [5.74, 6) is 2.12. The molecule has 0 atom stereocenters. The third-order valence-electron chi connectivity index (χ3n) is 2.03. The van der Waals surface area contributed by atoms with E-state index in [4.69, 9.17) is 13.1 Å². The standard InChI is InChI=1S/C10H22O4S2/c1-5-14-10(11)9-15-7-6-8-16(4,12-2)13-3/h5-9H2,1-4H3. The van der Waals surface area contributed by atoms with Crippen molar-refractivity contribution in [1.82, 2.24) is 0 Å². The van der Waals surface area contributed by atoms with E-state index in [0.29, 0.717) is 12.4 Å². The maximum Gasteiger partial charge on any atom is 0.315 e. The highest BCUT2D eigenvalue weighted by Crippen LogP contribution is 2.45. The molecule has 0 spiro atoms. The van der Waals surface area contributed by atoms with E-state index in [0.717, 1.165) is 17.9 Å². The fourth-order valence-electron chi connectivity index (χ4n) is 1.02. The summed E-state index contributed by atoms with van der Waals surface area (Å²) in [4.78, 5) is 11.0. The summed E-state index contributed by atoms with van der Waals surface area (Å²) in [6.07, 6.45) is 2.97. The third kappa shape index (κ3) is 7.38. The van der Waals surface area contributed by atoms with Crippen molar-refractivity contribution in [2.45, 2.75) is 13.3 Å².